The average molecular weight is 278 g/mol. The first-order chi connectivity index (χ1) is 8.88. The molecule has 0 radical (unpaired) electrons. The van der Waals surface area contributed by atoms with Crippen molar-refractivity contribution in [1.82, 2.24) is 20.2 Å². The highest BCUT2D eigenvalue weighted by molar-refractivity contribution is 5.66. The zero-order valence-corrected chi connectivity index (χ0v) is 9.97. The summed E-state index contributed by atoms with van der Waals surface area (Å²) >= 11 is 0. The van der Waals surface area contributed by atoms with Crippen LogP contribution in [0.15, 0.2) is 0 Å². The molecule has 1 aromatic rings. The van der Waals surface area contributed by atoms with E-state index in [1.54, 1.807) is 0 Å². The van der Waals surface area contributed by atoms with Crippen molar-refractivity contribution < 1.29 is 23.1 Å². The third kappa shape index (κ3) is 3.21. The fourth-order valence-corrected chi connectivity index (χ4v) is 2.47. The monoisotopic (exact) mass is 278 g/mol. The molecule has 1 saturated carbocycles. The lowest BCUT2D eigenvalue weighted by Gasteiger charge is -2.29. The second-order valence-electron chi connectivity index (χ2n) is 4.69. The lowest BCUT2D eigenvalue weighted by Crippen LogP contribution is -2.29. The first kappa shape index (κ1) is 13.8. The summed E-state index contributed by atoms with van der Waals surface area (Å²) in [6, 6.07) is 0. The maximum absolute atomic E-state index is 12.7. The Morgan fingerprint density at radius 3 is 2.79 bits per heavy atom. The molecule has 6 nitrogen and oxygen atoms in total. The molecule has 2 rings (SSSR count). The van der Waals surface area contributed by atoms with Gasteiger partial charge >= 0.3 is 12.1 Å². The van der Waals surface area contributed by atoms with E-state index in [-0.39, 0.29) is 18.7 Å². The number of hydrogen-bond acceptors (Lipinski definition) is 4. The van der Waals surface area contributed by atoms with Crippen LogP contribution in [-0.2, 0) is 11.3 Å². The summed E-state index contributed by atoms with van der Waals surface area (Å²) in [6.45, 7) is -0.435. The van der Waals surface area contributed by atoms with E-state index in [1.807, 2.05) is 0 Å². The van der Waals surface area contributed by atoms with Gasteiger partial charge in [-0.25, -0.2) is 4.68 Å². The molecule has 2 unspecified atom stereocenters. The number of carbonyl (C=O) groups is 1. The number of tetrazole rings is 1. The van der Waals surface area contributed by atoms with Crippen molar-refractivity contribution in [1.29, 1.82) is 0 Å². The molecular formula is C10H13F3N4O2. The van der Waals surface area contributed by atoms with Crippen molar-refractivity contribution in [3.8, 4) is 0 Å². The lowest BCUT2D eigenvalue weighted by molar-refractivity contribution is -0.183. The topological polar surface area (TPSA) is 80.9 Å². The van der Waals surface area contributed by atoms with E-state index in [1.165, 1.54) is 0 Å². The minimum atomic E-state index is -4.22. The molecule has 106 valence electrons. The Kier molecular flexibility index (Phi) is 3.72. The van der Waals surface area contributed by atoms with Crippen LogP contribution >= 0.6 is 0 Å². The Hall–Kier alpha value is -1.67. The Bertz CT molecular complexity index is 460. The third-order valence-corrected chi connectivity index (χ3v) is 3.35. The molecule has 1 heterocycles. The highest BCUT2D eigenvalue weighted by atomic mass is 19.4. The number of alkyl halides is 3. The predicted molar refractivity (Wildman–Crippen MR) is 56.2 cm³/mol. The number of carboxylic acid groups (broad SMARTS) is 1. The number of hydrogen-bond donors (Lipinski definition) is 1. The van der Waals surface area contributed by atoms with Crippen molar-refractivity contribution in [2.75, 3.05) is 0 Å². The lowest BCUT2D eigenvalue weighted by atomic mass is 9.80. The molecule has 2 atom stereocenters. The zero-order valence-electron chi connectivity index (χ0n) is 9.97. The summed E-state index contributed by atoms with van der Waals surface area (Å²) in [5, 5.41) is 19.2. The molecule has 0 spiro atoms. The molecule has 1 aliphatic carbocycles. The van der Waals surface area contributed by atoms with Crippen LogP contribution in [0.3, 0.4) is 0 Å². The van der Waals surface area contributed by atoms with Crippen LogP contribution < -0.4 is 0 Å². The fraction of sp³-hybridized carbons (Fsp3) is 0.800. The van der Waals surface area contributed by atoms with Gasteiger partial charge in [-0.15, -0.1) is 5.10 Å². The molecule has 0 saturated heterocycles. The minimum absolute atomic E-state index is 0.0799. The van der Waals surface area contributed by atoms with Crippen LogP contribution in [0, 0.1) is 5.92 Å². The van der Waals surface area contributed by atoms with E-state index in [0.29, 0.717) is 12.8 Å². The molecule has 1 aromatic heterocycles. The van der Waals surface area contributed by atoms with Crippen molar-refractivity contribution in [3.63, 3.8) is 0 Å². The summed E-state index contributed by atoms with van der Waals surface area (Å²) in [7, 11) is 0. The van der Waals surface area contributed by atoms with Gasteiger partial charge in [-0.3, -0.25) is 4.79 Å². The summed E-state index contributed by atoms with van der Waals surface area (Å²) in [4.78, 5) is 10.6. The van der Waals surface area contributed by atoms with Gasteiger partial charge in [-0.2, -0.15) is 13.2 Å². The summed E-state index contributed by atoms with van der Waals surface area (Å²) in [5.74, 6) is -2.69. The van der Waals surface area contributed by atoms with Crippen LogP contribution in [0.2, 0.25) is 0 Å². The van der Waals surface area contributed by atoms with Crippen molar-refractivity contribution >= 4 is 5.97 Å². The van der Waals surface area contributed by atoms with E-state index in [9.17, 15) is 18.0 Å². The van der Waals surface area contributed by atoms with Gasteiger partial charge in [-0.1, -0.05) is 6.42 Å². The molecule has 1 N–H and O–H groups in total. The fourth-order valence-electron chi connectivity index (χ4n) is 2.47. The van der Waals surface area contributed by atoms with Gasteiger partial charge in [0.05, 0.1) is 5.92 Å². The molecule has 1 fully saturated rings. The molecule has 0 aromatic carbocycles. The molecule has 0 amide bonds. The van der Waals surface area contributed by atoms with Gasteiger partial charge in [0.15, 0.2) is 5.82 Å². The smallest absolute Gasteiger partial charge is 0.391 e. The number of nitrogens with zero attached hydrogens (tertiary/aromatic N) is 4. The van der Waals surface area contributed by atoms with E-state index < -0.39 is 30.5 Å². The van der Waals surface area contributed by atoms with Crippen LogP contribution in [0.1, 0.15) is 37.4 Å². The first-order valence-corrected chi connectivity index (χ1v) is 5.92. The van der Waals surface area contributed by atoms with Gasteiger partial charge < -0.3 is 5.11 Å². The average Bonchev–Trinajstić information content (AvgIpc) is 2.75. The van der Waals surface area contributed by atoms with Gasteiger partial charge in [-0.05, 0) is 29.7 Å². The first-order valence-electron chi connectivity index (χ1n) is 5.92. The Balaban J connectivity index is 2.13. The third-order valence-electron chi connectivity index (χ3n) is 3.35. The highest BCUT2D eigenvalue weighted by Crippen LogP contribution is 2.42. The summed E-state index contributed by atoms with van der Waals surface area (Å²) < 4.78 is 39.2. The predicted octanol–water partition coefficient (Wildman–Crippen LogP) is 1.59. The molecule has 0 aliphatic heterocycles. The maximum Gasteiger partial charge on any atom is 0.391 e. The standard InChI is InChI=1S/C10H13F3N4O2/c11-10(12,13)7-3-1-2-6(4-7)9-14-15-16-17(9)5-8(18)19/h6-7H,1-5H2,(H,18,19). The van der Waals surface area contributed by atoms with Gasteiger partial charge in [0.1, 0.15) is 6.54 Å². The van der Waals surface area contributed by atoms with Crippen molar-refractivity contribution in [2.24, 2.45) is 5.92 Å². The van der Waals surface area contributed by atoms with E-state index >= 15 is 0 Å². The maximum atomic E-state index is 12.7. The second kappa shape index (κ2) is 5.14. The van der Waals surface area contributed by atoms with Crippen molar-refractivity contribution in [2.45, 2.75) is 44.3 Å². The van der Waals surface area contributed by atoms with Gasteiger partial charge in [0.25, 0.3) is 0 Å². The Morgan fingerprint density at radius 1 is 1.42 bits per heavy atom. The van der Waals surface area contributed by atoms with E-state index in [2.05, 4.69) is 15.5 Å². The van der Waals surface area contributed by atoms with E-state index in [0.717, 1.165) is 4.68 Å². The molecule has 1 aliphatic rings. The number of aromatic nitrogens is 4. The van der Waals surface area contributed by atoms with E-state index in [4.69, 9.17) is 5.11 Å². The zero-order chi connectivity index (χ0) is 14.0. The Labute approximate surface area is 106 Å². The van der Waals surface area contributed by atoms with Crippen LogP contribution in [0.5, 0.6) is 0 Å². The van der Waals surface area contributed by atoms with Crippen LogP contribution in [0.25, 0.3) is 0 Å². The number of halogens is 3. The number of rotatable bonds is 3. The summed E-state index contributed by atoms with van der Waals surface area (Å²) in [5.41, 5.74) is 0. The molecular weight excluding hydrogens is 265 g/mol. The highest BCUT2D eigenvalue weighted by Gasteiger charge is 2.43. The number of aliphatic carboxylic acids is 1. The Morgan fingerprint density at radius 2 is 2.16 bits per heavy atom. The minimum Gasteiger partial charge on any atom is -0.480 e. The van der Waals surface area contributed by atoms with Crippen LogP contribution in [0.4, 0.5) is 13.2 Å². The summed E-state index contributed by atoms with van der Waals surface area (Å²) in [6.07, 6.45) is -3.20. The largest absolute Gasteiger partial charge is 0.480 e. The normalized spacial score (nSPS) is 24.4. The van der Waals surface area contributed by atoms with Gasteiger partial charge in [0.2, 0.25) is 0 Å². The van der Waals surface area contributed by atoms with Crippen LogP contribution in [-0.4, -0.2) is 37.5 Å². The van der Waals surface area contributed by atoms with Gasteiger partial charge in [0, 0.05) is 5.92 Å². The quantitative estimate of drug-likeness (QED) is 0.908. The second-order valence-corrected chi connectivity index (χ2v) is 4.69. The SMILES string of the molecule is O=C(O)Cn1nnnc1C1CCCC(C(F)(F)F)C1. The number of carboxylic acids is 1. The molecule has 19 heavy (non-hydrogen) atoms. The molecule has 9 heteroatoms. The molecule has 0 bridgehead atoms. The van der Waals surface area contributed by atoms with Crippen molar-refractivity contribution in [3.05, 3.63) is 5.82 Å².